The Morgan fingerprint density at radius 1 is 0.429 bits per heavy atom. The predicted molar refractivity (Wildman–Crippen MR) is 121 cm³/mol. The van der Waals surface area contributed by atoms with Gasteiger partial charge in [-0.3, -0.25) is 0 Å². The molecule has 0 heterocycles. The molecule has 2 nitrogen and oxygen atoms in total. The minimum absolute atomic E-state index is 0.794. The number of benzene rings is 5. The summed E-state index contributed by atoms with van der Waals surface area (Å²) >= 11 is 0. The number of hydrogen-bond donors (Lipinski definition) is 1. The lowest BCUT2D eigenvalue weighted by molar-refractivity contribution is 1.30. The van der Waals surface area contributed by atoms with Crippen molar-refractivity contribution in [2.45, 2.75) is 0 Å². The first kappa shape index (κ1) is 16.4. The summed E-state index contributed by atoms with van der Waals surface area (Å²) in [4.78, 5) is 2.25. The molecule has 0 aromatic heterocycles. The summed E-state index contributed by atoms with van der Waals surface area (Å²) in [5.74, 6) is 0. The molecule has 0 fully saturated rings. The Labute approximate surface area is 164 Å². The highest BCUT2D eigenvalue weighted by molar-refractivity contribution is 6.21. The van der Waals surface area contributed by atoms with Crippen LogP contribution in [-0.2, 0) is 0 Å². The van der Waals surface area contributed by atoms with Gasteiger partial charge in [-0.15, -0.1) is 0 Å². The fourth-order valence-corrected chi connectivity index (χ4v) is 3.95. The molecule has 5 aromatic rings. The normalized spacial score (nSPS) is 11.0. The van der Waals surface area contributed by atoms with Gasteiger partial charge in [-0.2, -0.15) is 0 Å². The van der Waals surface area contributed by atoms with Gasteiger partial charge in [-0.1, -0.05) is 84.9 Å². The second-order valence-electron chi connectivity index (χ2n) is 6.86. The molecule has 0 aliphatic heterocycles. The van der Waals surface area contributed by atoms with Gasteiger partial charge < -0.3 is 10.6 Å². The zero-order valence-electron chi connectivity index (χ0n) is 15.4. The highest BCUT2D eigenvalue weighted by atomic mass is 15.2. The van der Waals surface area contributed by atoms with Crippen molar-refractivity contribution in [3.05, 3.63) is 109 Å². The number of nitrogen functional groups attached to an aromatic ring is 1. The van der Waals surface area contributed by atoms with Crippen LogP contribution in [0.25, 0.3) is 21.5 Å². The minimum atomic E-state index is 0.794. The van der Waals surface area contributed by atoms with E-state index in [4.69, 9.17) is 5.73 Å². The van der Waals surface area contributed by atoms with Gasteiger partial charge in [0.1, 0.15) is 0 Å². The number of hydrogen-bond acceptors (Lipinski definition) is 2. The Balaban J connectivity index is 1.93. The number of nitrogens with zero attached hydrogens (tertiary/aromatic N) is 1. The molecule has 0 bridgehead atoms. The highest BCUT2D eigenvalue weighted by Gasteiger charge is 2.20. The number of fused-ring (bicyclic) bond motifs is 3. The fourth-order valence-electron chi connectivity index (χ4n) is 3.95. The Morgan fingerprint density at radius 3 is 1.36 bits per heavy atom. The Hall–Kier alpha value is -3.78. The maximum atomic E-state index is 6.82. The molecule has 2 N–H and O–H groups in total. The van der Waals surface area contributed by atoms with E-state index in [1.54, 1.807) is 0 Å². The molecular weight excluding hydrogens is 340 g/mol. The molecule has 134 valence electrons. The van der Waals surface area contributed by atoms with E-state index in [9.17, 15) is 0 Å². The number of nitrogens with two attached hydrogens (primary N) is 1. The molecule has 0 amide bonds. The van der Waals surface area contributed by atoms with Crippen molar-refractivity contribution < 1.29 is 0 Å². The van der Waals surface area contributed by atoms with E-state index in [1.807, 2.05) is 18.2 Å². The molecule has 0 unspecified atom stereocenters. The number of para-hydroxylation sites is 2. The van der Waals surface area contributed by atoms with Crippen LogP contribution in [0.4, 0.5) is 22.7 Å². The van der Waals surface area contributed by atoms with Gasteiger partial charge in [0.25, 0.3) is 0 Å². The van der Waals surface area contributed by atoms with Crippen molar-refractivity contribution in [1.29, 1.82) is 0 Å². The quantitative estimate of drug-likeness (QED) is 0.212. The molecule has 0 atom stereocenters. The second-order valence-corrected chi connectivity index (χ2v) is 6.86. The van der Waals surface area contributed by atoms with Crippen LogP contribution in [0.15, 0.2) is 109 Å². The van der Waals surface area contributed by atoms with E-state index in [2.05, 4.69) is 95.9 Å². The van der Waals surface area contributed by atoms with Gasteiger partial charge in [-0.25, -0.2) is 0 Å². The number of rotatable bonds is 3. The molecule has 28 heavy (non-hydrogen) atoms. The Bertz CT molecular complexity index is 1220. The van der Waals surface area contributed by atoms with E-state index < -0.39 is 0 Å². The van der Waals surface area contributed by atoms with Crippen molar-refractivity contribution in [3.8, 4) is 0 Å². The number of anilines is 4. The van der Waals surface area contributed by atoms with Crippen LogP contribution in [0.5, 0.6) is 0 Å². The van der Waals surface area contributed by atoms with Crippen molar-refractivity contribution >= 4 is 44.3 Å². The van der Waals surface area contributed by atoms with Crippen LogP contribution in [0, 0.1) is 0 Å². The standard InChI is InChI=1S/C26H20N2/c27-25-23-17-9-7-15-21(23)22-16-8-10-18-24(22)26(25)28(19-11-3-1-4-12-19)20-13-5-2-6-14-20/h1-18H,27H2. The maximum Gasteiger partial charge on any atom is 0.0776 e. The van der Waals surface area contributed by atoms with E-state index in [0.717, 1.165) is 33.5 Å². The van der Waals surface area contributed by atoms with Gasteiger partial charge in [0.05, 0.1) is 11.4 Å². The van der Waals surface area contributed by atoms with Gasteiger partial charge in [0.15, 0.2) is 0 Å². The minimum Gasteiger partial charge on any atom is -0.397 e. The lowest BCUT2D eigenvalue weighted by atomic mass is 9.97. The molecule has 0 radical (unpaired) electrons. The maximum absolute atomic E-state index is 6.82. The van der Waals surface area contributed by atoms with E-state index in [0.29, 0.717) is 0 Å². The highest BCUT2D eigenvalue weighted by Crippen LogP contribution is 2.46. The topological polar surface area (TPSA) is 29.3 Å². The first-order chi connectivity index (χ1) is 13.8. The van der Waals surface area contributed by atoms with Crippen LogP contribution in [-0.4, -0.2) is 0 Å². The Morgan fingerprint density at radius 2 is 0.821 bits per heavy atom. The summed E-state index contributed by atoms with van der Waals surface area (Å²) in [7, 11) is 0. The zero-order chi connectivity index (χ0) is 18.9. The lowest BCUT2D eigenvalue weighted by Gasteiger charge is -2.29. The third-order valence-electron chi connectivity index (χ3n) is 5.20. The smallest absolute Gasteiger partial charge is 0.0776 e. The van der Waals surface area contributed by atoms with Gasteiger partial charge in [0.2, 0.25) is 0 Å². The molecule has 0 aliphatic carbocycles. The summed E-state index contributed by atoms with van der Waals surface area (Å²) in [6.07, 6.45) is 0. The van der Waals surface area contributed by atoms with Gasteiger partial charge in [-0.05, 0) is 35.0 Å². The molecule has 0 saturated carbocycles. The second kappa shape index (κ2) is 6.75. The monoisotopic (exact) mass is 360 g/mol. The summed E-state index contributed by atoms with van der Waals surface area (Å²) in [6.45, 7) is 0. The van der Waals surface area contributed by atoms with Crippen molar-refractivity contribution in [2.24, 2.45) is 0 Å². The lowest BCUT2D eigenvalue weighted by Crippen LogP contribution is -2.12. The van der Waals surface area contributed by atoms with Crippen LogP contribution in [0.2, 0.25) is 0 Å². The molecular formula is C26H20N2. The van der Waals surface area contributed by atoms with Crippen molar-refractivity contribution in [1.82, 2.24) is 0 Å². The van der Waals surface area contributed by atoms with Crippen LogP contribution >= 0.6 is 0 Å². The average molecular weight is 360 g/mol. The average Bonchev–Trinajstić information content (AvgIpc) is 2.78. The zero-order valence-corrected chi connectivity index (χ0v) is 15.4. The van der Waals surface area contributed by atoms with E-state index in [-0.39, 0.29) is 0 Å². The van der Waals surface area contributed by atoms with Crippen molar-refractivity contribution in [3.63, 3.8) is 0 Å². The van der Waals surface area contributed by atoms with Gasteiger partial charge >= 0.3 is 0 Å². The Kier molecular flexibility index (Phi) is 3.95. The fraction of sp³-hybridized carbons (Fsp3) is 0. The largest absolute Gasteiger partial charge is 0.397 e. The summed E-state index contributed by atoms with van der Waals surface area (Å²) in [5, 5.41) is 4.61. The van der Waals surface area contributed by atoms with Crippen LogP contribution in [0.1, 0.15) is 0 Å². The molecule has 2 heteroatoms. The van der Waals surface area contributed by atoms with Crippen molar-refractivity contribution in [2.75, 3.05) is 10.6 Å². The molecule has 0 aliphatic rings. The third-order valence-corrected chi connectivity index (χ3v) is 5.20. The molecule has 5 rings (SSSR count). The van der Waals surface area contributed by atoms with E-state index in [1.165, 1.54) is 10.8 Å². The predicted octanol–water partition coefficient (Wildman–Crippen LogP) is 7.05. The van der Waals surface area contributed by atoms with E-state index >= 15 is 0 Å². The third kappa shape index (κ3) is 2.58. The molecule has 5 aromatic carbocycles. The van der Waals surface area contributed by atoms with Crippen LogP contribution in [0.3, 0.4) is 0 Å². The summed E-state index contributed by atoms with van der Waals surface area (Å²) in [5.41, 5.74) is 10.8. The summed E-state index contributed by atoms with van der Waals surface area (Å²) in [6, 6.07) is 37.7. The van der Waals surface area contributed by atoms with Crippen LogP contribution < -0.4 is 10.6 Å². The van der Waals surface area contributed by atoms with Gasteiger partial charge in [0, 0.05) is 22.1 Å². The summed E-state index contributed by atoms with van der Waals surface area (Å²) < 4.78 is 0. The first-order valence-electron chi connectivity index (χ1n) is 9.44. The first-order valence-corrected chi connectivity index (χ1v) is 9.44. The molecule has 0 saturated heterocycles. The molecule has 0 spiro atoms. The SMILES string of the molecule is Nc1c(N(c2ccccc2)c2ccccc2)c2ccccc2c2ccccc12.